The van der Waals surface area contributed by atoms with Crippen molar-refractivity contribution in [3.8, 4) is 0 Å². The van der Waals surface area contributed by atoms with Gasteiger partial charge in [0.1, 0.15) is 12.1 Å². The van der Waals surface area contributed by atoms with Gasteiger partial charge in [0, 0.05) is 32.6 Å². The van der Waals surface area contributed by atoms with Crippen LogP contribution in [-0.4, -0.2) is 60.1 Å². The molecular weight excluding hydrogens is 438 g/mol. The first-order valence-corrected chi connectivity index (χ1v) is 11.0. The summed E-state index contributed by atoms with van der Waals surface area (Å²) in [5.74, 6) is -2.01. The first-order chi connectivity index (χ1) is 16.1. The highest BCUT2D eigenvalue weighted by Gasteiger charge is 2.36. The molecule has 1 heterocycles. The van der Waals surface area contributed by atoms with Gasteiger partial charge in [-0.1, -0.05) is 30.3 Å². The number of ether oxygens (including phenoxy) is 1. The summed E-state index contributed by atoms with van der Waals surface area (Å²) in [6, 6.07) is 14.2. The first-order valence-electron chi connectivity index (χ1n) is 11.0. The number of aliphatic carboxylic acids is 1. The topological polar surface area (TPSA) is 116 Å². The maximum absolute atomic E-state index is 12.8. The van der Waals surface area contributed by atoms with Crippen LogP contribution in [0.2, 0.25) is 0 Å². The second-order valence-corrected chi connectivity index (χ2v) is 8.66. The van der Waals surface area contributed by atoms with Crippen molar-refractivity contribution in [2.75, 3.05) is 25.5 Å². The number of anilines is 1. The summed E-state index contributed by atoms with van der Waals surface area (Å²) in [6.07, 6.45) is 0.0192. The van der Waals surface area contributed by atoms with E-state index in [0.717, 1.165) is 11.1 Å². The molecule has 3 amide bonds. The molecule has 9 nitrogen and oxygen atoms in total. The van der Waals surface area contributed by atoms with Crippen LogP contribution >= 0.6 is 0 Å². The van der Waals surface area contributed by atoms with Crippen LogP contribution in [0, 0.1) is 0 Å². The maximum atomic E-state index is 12.8. The molecule has 1 aliphatic heterocycles. The Labute approximate surface area is 198 Å². The number of nitrogens with zero attached hydrogens (tertiary/aromatic N) is 2. The second-order valence-electron chi connectivity index (χ2n) is 8.66. The first kappa shape index (κ1) is 24.8. The maximum Gasteiger partial charge on any atom is 0.414 e. The number of carbonyl (C=O) groups excluding carboxylic acids is 3. The Bertz CT molecular complexity index is 1090. The standard InChI is InChI=1S/C25H29N3O6/c1-25(23(31)32,13-11-21(29)27(2)3)26-22(30)19-9-10-20-18(15-19)12-14-28(20)24(33)34-16-17-7-5-4-6-8-17/h4-10,15H,11-14,16H2,1-3H3,(H,26,30)(H,31,32)/t25-/m0/s1. The molecule has 3 rings (SSSR count). The largest absolute Gasteiger partial charge is 0.480 e. The SMILES string of the molecule is CN(C)C(=O)CC[C@](C)(NC(=O)c1ccc2c(c1)CCN2C(=O)OCc1ccccc1)C(=O)O. The molecular formula is C25H29N3O6. The molecule has 180 valence electrons. The van der Waals surface area contributed by atoms with Crippen LogP contribution in [0.25, 0.3) is 0 Å². The predicted molar refractivity (Wildman–Crippen MR) is 126 cm³/mol. The lowest BCUT2D eigenvalue weighted by Crippen LogP contribution is -2.52. The van der Waals surface area contributed by atoms with Crippen LogP contribution in [0.4, 0.5) is 10.5 Å². The number of hydrogen-bond donors (Lipinski definition) is 2. The van der Waals surface area contributed by atoms with E-state index in [9.17, 15) is 24.3 Å². The van der Waals surface area contributed by atoms with Crippen molar-refractivity contribution < 1.29 is 29.0 Å². The Hall–Kier alpha value is -3.88. The highest BCUT2D eigenvalue weighted by molar-refractivity contribution is 5.99. The van der Waals surface area contributed by atoms with Crippen molar-refractivity contribution >= 4 is 29.6 Å². The molecule has 2 aromatic carbocycles. The van der Waals surface area contributed by atoms with E-state index in [2.05, 4.69) is 5.32 Å². The fourth-order valence-electron chi connectivity index (χ4n) is 3.66. The van der Waals surface area contributed by atoms with Crippen LogP contribution in [0.1, 0.15) is 41.3 Å². The van der Waals surface area contributed by atoms with E-state index in [4.69, 9.17) is 4.74 Å². The van der Waals surface area contributed by atoms with E-state index in [1.54, 1.807) is 32.3 Å². The Balaban J connectivity index is 1.66. The van der Waals surface area contributed by atoms with Crippen LogP contribution in [0.3, 0.4) is 0 Å². The number of rotatable bonds is 8. The molecule has 0 radical (unpaired) electrons. The van der Waals surface area contributed by atoms with E-state index in [-0.39, 0.29) is 30.9 Å². The molecule has 2 N–H and O–H groups in total. The number of benzene rings is 2. The molecule has 0 unspecified atom stereocenters. The smallest absolute Gasteiger partial charge is 0.414 e. The molecule has 9 heteroatoms. The molecule has 0 saturated heterocycles. The minimum Gasteiger partial charge on any atom is -0.480 e. The lowest BCUT2D eigenvalue weighted by Gasteiger charge is -2.27. The second kappa shape index (κ2) is 10.4. The summed E-state index contributed by atoms with van der Waals surface area (Å²) in [6.45, 7) is 1.97. The third-order valence-electron chi connectivity index (χ3n) is 5.86. The number of fused-ring (bicyclic) bond motifs is 1. The van der Waals surface area contributed by atoms with Crippen molar-refractivity contribution in [3.05, 3.63) is 65.2 Å². The number of carboxylic acids is 1. The van der Waals surface area contributed by atoms with Crippen molar-refractivity contribution in [3.63, 3.8) is 0 Å². The highest BCUT2D eigenvalue weighted by Crippen LogP contribution is 2.30. The van der Waals surface area contributed by atoms with Crippen molar-refractivity contribution in [1.29, 1.82) is 0 Å². The molecule has 1 aliphatic rings. The molecule has 0 bridgehead atoms. The van der Waals surface area contributed by atoms with Gasteiger partial charge in [0.25, 0.3) is 5.91 Å². The highest BCUT2D eigenvalue weighted by atomic mass is 16.6. The molecule has 34 heavy (non-hydrogen) atoms. The summed E-state index contributed by atoms with van der Waals surface area (Å²) >= 11 is 0. The Morgan fingerprint density at radius 1 is 1.12 bits per heavy atom. The Morgan fingerprint density at radius 2 is 1.82 bits per heavy atom. The van der Waals surface area contributed by atoms with Gasteiger partial charge in [0.15, 0.2) is 0 Å². The zero-order chi connectivity index (χ0) is 24.9. The van der Waals surface area contributed by atoms with Crippen LogP contribution in [0.5, 0.6) is 0 Å². The zero-order valence-corrected chi connectivity index (χ0v) is 19.5. The number of amides is 3. The molecule has 1 atom stereocenters. The van der Waals surface area contributed by atoms with Crippen molar-refractivity contribution in [2.24, 2.45) is 0 Å². The van der Waals surface area contributed by atoms with Gasteiger partial charge in [-0.15, -0.1) is 0 Å². The minimum atomic E-state index is -1.60. The van der Waals surface area contributed by atoms with Gasteiger partial charge in [-0.25, -0.2) is 9.59 Å². The van der Waals surface area contributed by atoms with E-state index in [1.807, 2.05) is 30.3 Å². The number of hydrogen-bond acceptors (Lipinski definition) is 5. The Morgan fingerprint density at radius 3 is 2.47 bits per heavy atom. The van der Waals surface area contributed by atoms with E-state index < -0.39 is 23.5 Å². The van der Waals surface area contributed by atoms with Gasteiger partial charge >= 0.3 is 12.1 Å². The molecule has 0 spiro atoms. The quantitative estimate of drug-likeness (QED) is 0.617. The number of nitrogens with one attached hydrogen (secondary N) is 1. The number of carbonyl (C=O) groups is 4. The summed E-state index contributed by atoms with van der Waals surface area (Å²) in [4.78, 5) is 52.0. The van der Waals surface area contributed by atoms with Gasteiger partial charge in [0.2, 0.25) is 5.91 Å². The predicted octanol–water partition coefficient (Wildman–Crippen LogP) is 2.83. The molecule has 0 aromatic heterocycles. The minimum absolute atomic E-state index is 0.0136. The van der Waals surface area contributed by atoms with E-state index in [0.29, 0.717) is 18.7 Å². The van der Waals surface area contributed by atoms with E-state index >= 15 is 0 Å². The normalized spacial score (nSPS) is 14.0. The van der Waals surface area contributed by atoms with Gasteiger partial charge in [-0.3, -0.25) is 14.5 Å². The van der Waals surface area contributed by atoms with Gasteiger partial charge in [-0.2, -0.15) is 0 Å². The van der Waals surface area contributed by atoms with Crippen LogP contribution < -0.4 is 10.2 Å². The van der Waals surface area contributed by atoms with Gasteiger partial charge in [-0.05, 0) is 49.1 Å². The molecule has 0 saturated carbocycles. The van der Waals surface area contributed by atoms with Crippen molar-refractivity contribution in [1.82, 2.24) is 10.2 Å². The molecule has 0 aliphatic carbocycles. The number of carboxylic acid groups (broad SMARTS) is 1. The molecule has 2 aromatic rings. The fourth-order valence-corrected chi connectivity index (χ4v) is 3.66. The van der Waals surface area contributed by atoms with Crippen LogP contribution in [-0.2, 0) is 27.4 Å². The van der Waals surface area contributed by atoms with Crippen LogP contribution in [0.15, 0.2) is 48.5 Å². The average molecular weight is 468 g/mol. The summed E-state index contributed by atoms with van der Waals surface area (Å²) in [5.41, 5.74) is 1.02. The fraction of sp³-hybridized carbons (Fsp3) is 0.360. The lowest BCUT2D eigenvalue weighted by molar-refractivity contribution is -0.144. The Kier molecular flexibility index (Phi) is 7.55. The average Bonchev–Trinajstić information content (AvgIpc) is 3.24. The third kappa shape index (κ3) is 5.72. The third-order valence-corrected chi connectivity index (χ3v) is 5.86. The summed E-state index contributed by atoms with van der Waals surface area (Å²) in [7, 11) is 3.18. The monoisotopic (exact) mass is 467 g/mol. The molecule has 0 fully saturated rings. The summed E-state index contributed by atoms with van der Waals surface area (Å²) in [5, 5.41) is 12.2. The summed E-state index contributed by atoms with van der Waals surface area (Å²) < 4.78 is 5.41. The van der Waals surface area contributed by atoms with Gasteiger partial charge < -0.3 is 20.1 Å². The van der Waals surface area contributed by atoms with Gasteiger partial charge in [0.05, 0.1) is 5.69 Å². The zero-order valence-electron chi connectivity index (χ0n) is 19.5. The lowest BCUT2D eigenvalue weighted by atomic mass is 9.94. The van der Waals surface area contributed by atoms with Crippen molar-refractivity contribution in [2.45, 2.75) is 38.3 Å². The van der Waals surface area contributed by atoms with E-state index in [1.165, 1.54) is 16.7 Å².